The van der Waals surface area contributed by atoms with E-state index < -0.39 is 0 Å². The predicted molar refractivity (Wildman–Crippen MR) is 129 cm³/mol. The van der Waals surface area contributed by atoms with E-state index in [0.29, 0.717) is 24.0 Å². The fourth-order valence-electron chi connectivity index (χ4n) is 4.65. The van der Waals surface area contributed by atoms with Gasteiger partial charge in [-0.05, 0) is 44.1 Å². The van der Waals surface area contributed by atoms with E-state index in [2.05, 4.69) is 34.0 Å². The normalized spacial score (nSPS) is 22.6. The van der Waals surface area contributed by atoms with Crippen molar-refractivity contribution in [3.8, 4) is 17.2 Å². The summed E-state index contributed by atoms with van der Waals surface area (Å²) in [6, 6.07) is 6.02. The van der Waals surface area contributed by atoms with E-state index in [1.165, 1.54) is 5.71 Å². The number of aromatic nitrogens is 1. The number of pyridine rings is 1. The lowest BCUT2D eigenvalue weighted by Gasteiger charge is -2.26. The fourth-order valence-corrected chi connectivity index (χ4v) is 4.65. The van der Waals surface area contributed by atoms with Crippen LogP contribution in [-0.2, 0) is 4.74 Å². The minimum Gasteiger partial charge on any atom is -0.493 e. The summed E-state index contributed by atoms with van der Waals surface area (Å²) in [6.07, 6.45) is 10.0. The molecule has 0 spiro atoms. The van der Waals surface area contributed by atoms with Crippen LogP contribution in [0.5, 0.6) is 17.2 Å². The standard InChI is InChI=1S/C26H31N3O4/c1-18-14-19-15-20(4-5-22(19)28-18)33-24-6-7-27-23-17-26(25(30-2)16-21(23)24)32-11-3-8-29-9-12-31-13-10-29/h4-7,15-17,19,22H,3,8-14H2,1-2H3. The lowest BCUT2D eigenvalue weighted by molar-refractivity contribution is 0.0357. The summed E-state index contributed by atoms with van der Waals surface area (Å²) in [7, 11) is 1.66. The van der Waals surface area contributed by atoms with Gasteiger partial charge in [0.1, 0.15) is 11.5 Å². The highest BCUT2D eigenvalue weighted by atomic mass is 16.5. The highest BCUT2D eigenvalue weighted by molar-refractivity contribution is 5.88. The van der Waals surface area contributed by atoms with Crippen molar-refractivity contribution in [2.75, 3.05) is 46.6 Å². The number of hydrogen-bond acceptors (Lipinski definition) is 7. The van der Waals surface area contributed by atoms with Gasteiger partial charge in [-0.2, -0.15) is 0 Å². The number of aliphatic imine (C=N–C) groups is 1. The van der Waals surface area contributed by atoms with Crippen LogP contribution in [0.25, 0.3) is 10.9 Å². The van der Waals surface area contributed by atoms with Crippen LogP contribution in [0, 0.1) is 5.92 Å². The van der Waals surface area contributed by atoms with Gasteiger partial charge in [0.05, 0.1) is 38.5 Å². The van der Waals surface area contributed by atoms with Crippen LogP contribution in [-0.4, -0.2) is 68.2 Å². The van der Waals surface area contributed by atoms with E-state index in [0.717, 1.165) is 68.1 Å². The van der Waals surface area contributed by atoms with Crippen molar-refractivity contribution in [1.29, 1.82) is 0 Å². The van der Waals surface area contributed by atoms with Gasteiger partial charge in [-0.3, -0.25) is 14.9 Å². The van der Waals surface area contributed by atoms with Crippen molar-refractivity contribution in [3.05, 3.63) is 48.4 Å². The SMILES string of the molecule is COc1cc2c(OC3=CC4CC(C)=NC4C=C3)ccnc2cc1OCCCN1CCOCC1. The molecule has 2 unspecified atom stereocenters. The topological polar surface area (TPSA) is 65.4 Å². The minimum atomic E-state index is 0.245. The number of rotatable bonds is 8. The van der Waals surface area contributed by atoms with Crippen LogP contribution < -0.4 is 14.2 Å². The first-order valence-corrected chi connectivity index (χ1v) is 11.7. The van der Waals surface area contributed by atoms with Crippen molar-refractivity contribution in [1.82, 2.24) is 9.88 Å². The average Bonchev–Trinajstić information content (AvgIpc) is 3.21. The number of methoxy groups -OCH3 is 1. The molecule has 3 aliphatic rings. The molecule has 3 heterocycles. The van der Waals surface area contributed by atoms with Gasteiger partial charge >= 0.3 is 0 Å². The number of nitrogens with zero attached hydrogens (tertiary/aromatic N) is 3. The third kappa shape index (κ3) is 5.04. The first-order chi connectivity index (χ1) is 16.2. The Morgan fingerprint density at radius 1 is 1.15 bits per heavy atom. The largest absolute Gasteiger partial charge is 0.493 e. The molecule has 5 rings (SSSR count). The summed E-state index contributed by atoms with van der Waals surface area (Å²) in [4.78, 5) is 11.6. The Bertz CT molecular complexity index is 1090. The molecule has 0 bridgehead atoms. The maximum absolute atomic E-state index is 6.29. The van der Waals surface area contributed by atoms with Crippen LogP contribution >= 0.6 is 0 Å². The number of morpholine rings is 1. The zero-order valence-electron chi connectivity index (χ0n) is 19.3. The lowest BCUT2D eigenvalue weighted by atomic mass is 9.94. The summed E-state index contributed by atoms with van der Waals surface area (Å²) in [5.74, 6) is 3.36. The summed E-state index contributed by atoms with van der Waals surface area (Å²) in [5, 5.41) is 0.894. The summed E-state index contributed by atoms with van der Waals surface area (Å²) < 4.78 is 23.4. The molecular weight excluding hydrogens is 418 g/mol. The molecule has 1 fully saturated rings. The number of allylic oxidation sites excluding steroid dienone is 1. The highest BCUT2D eigenvalue weighted by Gasteiger charge is 2.27. The van der Waals surface area contributed by atoms with Crippen molar-refractivity contribution < 1.29 is 18.9 Å². The van der Waals surface area contributed by atoms with Gasteiger partial charge in [-0.15, -0.1) is 0 Å². The van der Waals surface area contributed by atoms with E-state index in [9.17, 15) is 0 Å². The number of fused-ring (bicyclic) bond motifs is 2. The Hall–Kier alpha value is -2.90. The van der Waals surface area contributed by atoms with Gasteiger partial charge in [-0.1, -0.05) is 6.08 Å². The zero-order valence-corrected chi connectivity index (χ0v) is 19.3. The molecule has 33 heavy (non-hydrogen) atoms. The van der Waals surface area contributed by atoms with Crippen LogP contribution in [0.1, 0.15) is 19.8 Å². The Labute approximate surface area is 194 Å². The third-order valence-electron chi connectivity index (χ3n) is 6.37. The lowest BCUT2D eigenvalue weighted by Crippen LogP contribution is -2.37. The maximum atomic E-state index is 6.29. The third-order valence-corrected chi connectivity index (χ3v) is 6.37. The average molecular weight is 450 g/mol. The Kier molecular flexibility index (Phi) is 6.60. The van der Waals surface area contributed by atoms with Crippen molar-refractivity contribution in [3.63, 3.8) is 0 Å². The molecule has 1 aliphatic carbocycles. The number of hydrogen-bond donors (Lipinski definition) is 0. The van der Waals surface area contributed by atoms with E-state index in [1.54, 1.807) is 13.3 Å². The minimum absolute atomic E-state index is 0.245. The van der Waals surface area contributed by atoms with E-state index in [1.807, 2.05) is 24.3 Å². The predicted octanol–water partition coefficient (Wildman–Crippen LogP) is 4.03. The number of benzene rings is 1. The van der Waals surface area contributed by atoms with Crippen LogP contribution in [0.2, 0.25) is 0 Å². The molecule has 1 aromatic heterocycles. The molecule has 2 atom stereocenters. The summed E-state index contributed by atoms with van der Waals surface area (Å²) >= 11 is 0. The van der Waals surface area contributed by atoms with E-state index >= 15 is 0 Å². The maximum Gasteiger partial charge on any atom is 0.163 e. The Morgan fingerprint density at radius 2 is 2.03 bits per heavy atom. The molecule has 1 aromatic carbocycles. The van der Waals surface area contributed by atoms with Crippen molar-refractivity contribution >= 4 is 16.6 Å². The van der Waals surface area contributed by atoms with E-state index in [-0.39, 0.29) is 6.04 Å². The molecule has 0 N–H and O–H groups in total. The molecule has 0 amide bonds. The van der Waals surface area contributed by atoms with Crippen molar-refractivity contribution in [2.24, 2.45) is 10.9 Å². The molecule has 1 saturated heterocycles. The van der Waals surface area contributed by atoms with Gasteiger partial charge < -0.3 is 18.9 Å². The highest BCUT2D eigenvalue weighted by Crippen LogP contribution is 2.37. The van der Waals surface area contributed by atoms with Gasteiger partial charge in [-0.25, -0.2) is 0 Å². The fraction of sp³-hybridized carbons (Fsp3) is 0.462. The van der Waals surface area contributed by atoms with Gasteiger partial charge in [0.2, 0.25) is 0 Å². The molecule has 7 heteroatoms. The molecule has 7 nitrogen and oxygen atoms in total. The van der Waals surface area contributed by atoms with Crippen LogP contribution in [0.15, 0.2) is 53.4 Å². The molecule has 2 aromatic rings. The number of ether oxygens (including phenoxy) is 4. The van der Waals surface area contributed by atoms with E-state index in [4.69, 9.17) is 18.9 Å². The van der Waals surface area contributed by atoms with Gasteiger partial charge in [0.25, 0.3) is 0 Å². The van der Waals surface area contributed by atoms with Crippen molar-refractivity contribution in [2.45, 2.75) is 25.8 Å². The summed E-state index contributed by atoms with van der Waals surface area (Å²) in [5.41, 5.74) is 2.01. The second-order valence-electron chi connectivity index (χ2n) is 8.74. The Balaban J connectivity index is 1.28. The zero-order chi connectivity index (χ0) is 22.6. The van der Waals surface area contributed by atoms with Gasteiger partial charge in [0, 0.05) is 48.9 Å². The van der Waals surface area contributed by atoms with Crippen LogP contribution in [0.4, 0.5) is 0 Å². The first-order valence-electron chi connectivity index (χ1n) is 11.7. The summed E-state index contributed by atoms with van der Waals surface area (Å²) in [6.45, 7) is 7.33. The van der Waals surface area contributed by atoms with Crippen LogP contribution in [0.3, 0.4) is 0 Å². The first kappa shape index (κ1) is 21.9. The quantitative estimate of drug-likeness (QED) is 0.567. The second-order valence-corrected chi connectivity index (χ2v) is 8.74. The Morgan fingerprint density at radius 3 is 2.88 bits per heavy atom. The van der Waals surface area contributed by atoms with Gasteiger partial charge in [0.15, 0.2) is 11.5 Å². The second kappa shape index (κ2) is 9.93. The monoisotopic (exact) mass is 449 g/mol. The molecule has 0 saturated carbocycles. The smallest absolute Gasteiger partial charge is 0.163 e. The molecule has 2 aliphatic heterocycles. The molecular formula is C26H31N3O4. The molecule has 174 valence electrons. The molecule has 0 radical (unpaired) electrons.